The Bertz CT molecular complexity index is 1080. The first-order valence-electron chi connectivity index (χ1n) is 10.2. The molecule has 31 heavy (non-hydrogen) atoms. The Balaban J connectivity index is 1.83. The first-order valence-corrected chi connectivity index (χ1v) is 10.2. The zero-order chi connectivity index (χ0) is 22.3. The van der Waals surface area contributed by atoms with E-state index in [1.807, 2.05) is 26.0 Å². The van der Waals surface area contributed by atoms with E-state index in [1.54, 1.807) is 36.3 Å². The standard InChI is InChI=1S/C24H24N2O5/c1-24(2)13-20-23(21(27)14-24)19(15-4-6-17(7-5-15)26(29)30)12-22(28)25(20)16-8-10-18(31-3)11-9-16/h4-11,19H,12-14H2,1-3H3. The largest absolute Gasteiger partial charge is 0.497 e. The van der Waals surface area contributed by atoms with Crippen LogP contribution >= 0.6 is 0 Å². The summed E-state index contributed by atoms with van der Waals surface area (Å²) in [5, 5.41) is 11.0. The molecule has 0 spiro atoms. The van der Waals surface area contributed by atoms with E-state index in [2.05, 4.69) is 0 Å². The Kier molecular flexibility index (Phi) is 5.13. The molecule has 1 atom stereocenters. The van der Waals surface area contributed by atoms with Crippen molar-refractivity contribution in [2.75, 3.05) is 12.0 Å². The third-order valence-corrected chi connectivity index (χ3v) is 5.98. The maximum atomic E-state index is 13.3. The number of nitro groups is 1. The van der Waals surface area contributed by atoms with Gasteiger partial charge >= 0.3 is 0 Å². The Morgan fingerprint density at radius 1 is 1.03 bits per heavy atom. The van der Waals surface area contributed by atoms with Crippen LogP contribution < -0.4 is 9.64 Å². The van der Waals surface area contributed by atoms with Crippen LogP contribution in [0.4, 0.5) is 11.4 Å². The van der Waals surface area contributed by atoms with Crippen LogP contribution in [0.1, 0.15) is 44.6 Å². The SMILES string of the molecule is COc1ccc(N2C(=O)CC(c3ccc([N+](=O)[O-])cc3)C3=C2CC(C)(C)CC3=O)cc1. The summed E-state index contributed by atoms with van der Waals surface area (Å²) in [7, 11) is 1.58. The lowest BCUT2D eigenvalue weighted by Crippen LogP contribution is -2.43. The highest BCUT2D eigenvalue weighted by atomic mass is 16.6. The molecular weight excluding hydrogens is 396 g/mol. The Hall–Kier alpha value is -3.48. The van der Waals surface area contributed by atoms with Crippen molar-refractivity contribution in [2.24, 2.45) is 5.41 Å². The number of allylic oxidation sites excluding steroid dienone is 2. The number of anilines is 1. The quantitative estimate of drug-likeness (QED) is 0.525. The molecule has 1 amide bonds. The maximum absolute atomic E-state index is 13.3. The van der Waals surface area contributed by atoms with Gasteiger partial charge in [0.1, 0.15) is 5.75 Å². The second kappa shape index (κ2) is 7.65. The topological polar surface area (TPSA) is 89.8 Å². The summed E-state index contributed by atoms with van der Waals surface area (Å²) in [6, 6.07) is 13.4. The number of nitro benzene ring substituents is 1. The molecule has 2 aliphatic rings. The highest BCUT2D eigenvalue weighted by Crippen LogP contribution is 2.48. The number of rotatable bonds is 4. The molecule has 2 aromatic rings. The number of methoxy groups -OCH3 is 1. The number of benzene rings is 2. The number of Topliss-reactive ketones (excluding diaryl/α,β-unsaturated/α-hetero) is 1. The normalized spacial score (nSPS) is 20.5. The van der Waals surface area contributed by atoms with Crippen molar-refractivity contribution >= 4 is 23.1 Å². The van der Waals surface area contributed by atoms with Gasteiger partial charge in [0.25, 0.3) is 5.69 Å². The number of carbonyl (C=O) groups excluding carboxylic acids is 2. The summed E-state index contributed by atoms with van der Waals surface area (Å²) < 4.78 is 5.22. The number of ketones is 1. The predicted octanol–water partition coefficient (Wildman–Crippen LogP) is 4.77. The molecule has 0 N–H and O–H groups in total. The molecule has 1 aliphatic carbocycles. The van der Waals surface area contributed by atoms with Crippen molar-refractivity contribution in [1.29, 1.82) is 0 Å². The van der Waals surface area contributed by atoms with Gasteiger partial charge in [-0.05, 0) is 41.7 Å². The number of hydrogen-bond donors (Lipinski definition) is 0. The van der Waals surface area contributed by atoms with Crippen LogP contribution in [0.3, 0.4) is 0 Å². The van der Waals surface area contributed by atoms with E-state index in [4.69, 9.17) is 4.74 Å². The number of amides is 1. The molecule has 1 heterocycles. The molecule has 0 radical (unpaired) electrons. The Morgan fingerprint density at radius 3 is 2.26 bits per heavy atom. The molecule has 0 saturated carbocycles. The maximum Gasteiger partial charge on any atom is 0.269 e. The van der Waals surface area contributed by atoms with E-state index in [0.29, 0.717) is 29.9 Å². The van der Waals surface area contributed by atoms with E-state index in [0.717, 1.165) is 11.3 Å². The fourth-order valence-corrected chi connectivity index (χ4v) is 4.56. The summed E-state index contributed by atoms with van der Waals surface area (Å²) in [5.74, 6) is 0.214. The lowest BCUT2D eigenvalue weighted by molar-refractivity contribution is -0.384. The van der Waals surface area contributed by atoms with Gasteiger partial charge < -0.3 is 4.74 Å². The van der Waals surface area contributed by atoms with E-state index in [-0.39, 0.29) is 29.2 Å². The lowest BCUT2D eigenvalue weighted by atomic mass is 9.69. The number of hydrogen-bond acceptors (Lipinski definition) is 5. The summed E-state index contributed by atoms with van der Waals surface area (Å²) in [6.45, 7) is 4.06. The minimum Gasteiger partial charge on any atom is -0.497 e. The minimum atomic E-state index is -0.458. The fourth-order valence-electron chi connectivity index (χ4n) is 4.56. The van der Waals surface area contributed by atoms with Crippen LogP contribution in [0.15, 0.2) is 59.8 Å². The number of carbonyl (C=O) groups is 2. The van der Waals surface area contributed by atoms with Crippen molar-refractivity contribution in [3.63, 3.8) is 0 Å². The van der Waals surface area contributed by atoms with Crippen LogP contribution in [-0.2, 0) is 9.59 Å². The van der Waals surface area contributed by atoms with Crippen LogP contribution in [-0.4, -0.2) is 23.7 Å². The molecule has 0 aromatic heterocycles. The third kappa shape index (κ3) is 3.83. The summed E-state index contributed by atoms with van der Waals surface area (Å²) >= 11 is 0. The van der Waals surface area contributed by atoms with Gasteiger partial charge in [0.15, 0.2) is 5.78 Å². The Labute approximate surface area is 180 Å². The fraction of sp³-hybridized carbons (Fsp3) is 0.333. The second-order valence-corrected chi connectivity index (χ2v) is 8.83. The van der Waals surface area contributed by atoms with Crippen molar-refractivity contribution in [3.8, 4) is 5.75 Å². The van der Waals surface area contributed by atoms with Gasteiger partial charge in [-0.1, -0.05) is 26.0 Å². The van der Waals surface area contributed by atoms with Crippen LogP contribution in [0.25, 0.3) is 0 Å². The molecule has 0 bridgehead atoms. The first-order chi connectivity index (χ1) is 14.7. The average Bonchev–Trinajstić information content (AvgIpc) is 2.72. The van der Waals surface area contributed by atoms with E-state index in [1.165, 1.54) is 12.1 Å². The second-order valence-electron chi connectivity index (χ2n) is 8.83. The first kappa shape index (κ1) is 20.8. The van der Waals surface area contributed by atoms with Crippen molar-refractivity contribution < 1.29 is 19.2 Å². The minimum absolute atomic E-state index is 0.0175. The van der Waals surface area contributed by atoms with Gasteiger partial charge in [0.2, 0.25) is 5.91 Å². The summed E-state index contributed by atoms with van der Waals surface area (Å²) in [4.78, 5) is 38.8. The molecule has 7 nitrogen and oxygen atoms in total. The van der Waals surface area contributed by atoms with Crippen molar-refractivity contribution in [2.45, 2.75) is 39.0 Å². The molecule has 1 unspecified atom stereocenters. The zero-order valence-corrected chi connectivity index (χ0v) is 17.8. The van der Waals surface area contributed by atoms with Gasteiger partial charge in [-0.2, -0.15) is 0 Å². The van der Waals surface area contributed by atoms with Gasteiger partial charge in [-0.15, -0.1) is 0 Å². The van der Waals surface area contributed by atoms with Gasteiger partial charge in [0, 0.05) is 47.8 Å². The van der Waals surface area contributed by atoms with Gasteiger partial charge in [0.05, 0.1) is 12.0 Å². The monoisotopic (exact) mass is 420 g/mol. The number of nitrogens with zero attached hydrogens (tertiary/aromatic N) is 2. The lowest BCUT2D eigenvalue weighted by Gasteiger charge is -2.43. The van der Waals surface area contributed by atoms with E-state index in [9.17, 15) is 19.7 Å². The summed E-state index contributed by atoms with van der Waals surface area (Å²) in [6.07, 6.45) is 1.13. The van der Waals surface area contributed by atoms with Crippen molar-refractivity contribution in [1.82, 2.24) is 0 Å². The molecule has 160 valence electrons. The highest BCUT2D eigenvalue weighted by molar-refractivity contribution is 6.07. The van der Waals surface area contributed by atoms with Gasteiger partial charge in [-0.3, -0.25) is 24.6 Å². The Morgan fingerprint density at radius 2 is 1.68 bits per heavy atom. The zero-order valence-electron chi connectivity index (χ0n) is 17.8. The molecule has 1 aliphatic heterocycles. The molecule has 0 fully saturated rings. The summed E-state index contributed by atoms with van der Waals surface area (Å²) in [5.41, 5.74) is 2.53. The van der Waals surface area contributed by atoms with Crippen molar-refractivity contribution in [3.05, 3.63) is 75.5 Å². The molecule has 2 aromatic carbocycles. The average molecular weight is 420 g/mol. The number of non-ortho nitro benzene ring substituents is 1. The molecule has 0 saturated heterocycles. The van der Waals surface area contributed by atoms with E-state index < -0.39 is 10.8 Å². The predicted molar refractivity (Wildman–Crippen MR) is 116 cm³/mol. The van der Waals surface area contributed by atoms with E-state index >= 15 is 0 Å². The molecular formula is C24H24N2O5. The smallest absolute Gasteiger partial charge is 0.269 e. The number of ether oxygens (including phenoxy) is 1. The van der Waals surface area contributed by atoms with Crippen LogP contribution in [0, 0.1) is 15.5 Å². The third-order valence-electron chi connectivity index (χ3n) is 5.98. The van der Waals surface area contributed by atoms with Gasteiger partial charge in [-0.25, -0.2) is 0 Å². The highest BCUT2D eigenvalue weighted by Gasteiger charge is 2.44. The van der Waals surface area contributed by atoms with Crippen LogP contribution in [0.5, 0.6) is 5.75 Å². The molecule has 4 rings (SSSR count). The molecule has 7 heteroatoms. The van der Waals surface area contributed by atoms with Crippen LogP contribution in [0.2, 0.25) is 0 Å².